The Labute approximate surface area is 224 Å². The van der Waals surface area contributed by atoms with Gasteiger partial charge in [0.25, 0.3) is 0 Å². The number of hydrogen-bond donors (Lipinski definition) is 2. The third-order valence-corrected chi connectivity index (χ3v) is 7.16. The van der Waals surface area contributed by atoms with E-state index < -0.39 is 41.9 Å². The monoisotopic (exact) mass is 543 g/mol. The number of hydrazine groups is 1. The van der Waals surface area contributed by atoms with Crippen LogP contribution >= 0.6 is 0 Å². The van der Waals surface area contributed by atoms with Gasteiger partial charge in [0, 0.05) is 36.6 Å². The quantitative estimate of drug-likeness (QED) is 0.389. The zero-order valence-electron chi connectivity index (χ0n) is 21.9. The highest BCUT2D eigenvalue weighted by atomic mass is 19.2. The standard InChI is InChI=1S/C27H31F2N5O5/c1-16-23(26(37)39-3)24(19-7-8-20(28)21(29)14-19)34(27(38)31-16)33(15-35)25(17(2)36)32-12-9-18(10-13-32)22-6-4-5-11-30-22/h4-8,11,14-15,17-18,24-25,36H,9-10,12-13H2,1-3H3,(H,31,38). The summed E-state index contributed by atoms with van der Waals surface area (Å²) in [5.41, 5.74) is 1.05. The van der Waals surface area contributed by atoms with E-state index in [0.29, 0.717) is 32.3 Å². The fraction of sp³-hybridized carbons (Fsp3) is 0.407. The fourth-order valence-corrected chi connectivity index (χ4v) is 5.34. The first-order valence-corrected chi connectivity index (χ1v) is 12.6. The molecule has 0 spiro atoms. The molecule has 0 saturated carbocycles. The molecule has 0 bridgehead atoms. The minimum atomic E-state index is -1.35. The summed E-state index contributed by atoms with van der Waals surface area (Å²) in [6.07, 6.45) is 1.35. The van der Waals surface area contributed by atoms with Gasteiger partial charge in [0.05, 0.1) is 18.8 Å². The molecule has 4 rings (SSSR count). The summed E-state index contributed by atoms with van der Waals surface area (Å²) in [6.45, 7) is 3.91. The van der Waals surface area contributed by atoms with Crippen LogP contribution in [-0.4, -0.2) is 75.9 Å². The van der Waals surface area contributed by atoms with Crippen LogP contribution in [0.4, 0.5) is 13.6 Å². The van der Waals surface area contributed by atoms with Crippen molar-refractivity contribution in [3.63, 3.8) is 0 Å². The second kappa shape index (κ2) is 11.9. The topological polar surface area (TPSA) is 115 Å². The molecule has 1 saturated heterocycles. The number of rotatable bonds is 8. The first-order valence-electron chi connectivity index (χ1n) is 12.6. The van der Waals surface area contributed by atoms with Crippen LogP contribution in [-0.2, 0) is 14.3 Å². The second-order valence-electron chi connectivity index (χ2n) is 9.59. The molecule has 3 heterocycles. The maximum absolute atomic E-state index is 14.3. The van der Waals surface area contributed by atoms with E-state index in [1.54, 1.807) is 6.20 Å². The number of halogens is 2. The normalized spacial score (nSPS) is 20.3. The summed E-state index contributed by atoms with van der Waals surface area (Å²) in [6, 6.07) is 6.54. The van der Waals surface area contributed by atoms with E-state index >= 15 is 0 Å². The number of esters is 1. The van der Waals surface area contributed by atoms with Gasteiger partial charge in [-0.1, -0.05) is 12.1 Å². The first-order chi connectivity index (χ1) is 18.7. The molecular weight excluding hydrogens is 512 g/mol. The number of urea groups is 1. The van der Waals surface area contributed by atoms with Crippen LogP contribution in [0.3, 0.4) is 0 Å². The Balaban J connectivity index is 1.72. The number of piperidine rings is 1. The predicted molar refractivity (Wildman–Crippen MR) is 135 cm³/mol. The molecule has 39 heavy (non-hydrogen) atoms. The molecule has 0 aliphatic carbocycles. The molecule has 2 N–H and O–H groups in total. The molecule has 1 fully saturated rings. The lowest BCUT2D eigenvalue weighted by Gasteiger charge is -2.49. The Morgan fingerprint density at radius 1 is 1.23 bits per heavy atom. The number of hydrogen-bond acceptors (Lipinski definition) is 7. The van der Waals surface area contributed by atoms with Crippen molar-refractivity contribution in [3.8, 4) is 0 Å². The number of allylic oxidation sites excluding steroid dienone is 1. The number of ether oxygens (including phenoxy) is 1. The van der Waals surface area contributed by atoms with Gasteiger partial charge in [-0.3, -0.25) is 14.7 Å². The molecule has 10 nitrogen and oxygen atoms in total. The predicted octanol–water partition coefficient (Wildman–Crippen LogP) is 2.83. The van der Waals surface area contributed by atoms with E-state index in [9.17, 15) is 28.3 Å². The van der Waals surface area contributed by atoms with Crippen molar-refractivity contribution in [2.75, 3.05) is 20.2 Å². The summed E-state index contributed by atoms with van der Waals surface area (Å²) in [4.78, 5) is 45.2. The Hall–Kier alpha value is -3.90. The highest BCUT2D eigenvalue weighted by molar-refractivity contribution is 5.95. The van der Waals surface area contributed by atoms with Gasteiger partial charge in [-0.25, -0.2) is 28.4 Å². The summed E-state index contributed by atoms with van der Waals surface area (Å²) in [5, 5.41) is 15.3. The van der Waals surface area contributed by atoms with Crippen LogP contribution < -0.4 is 5.32 Å². The van der Waals surface area contributed by atoms with E-state index in [4.69, 9.17) is 4.74 Å². The maximum atomic E-state index is 14.3. The van der Waals surface area contributed by atoms with E-state index in [0.717, 1.165) is 35.0 Å². The number of nitrogens with one attached hydrogen (secondary N) is 1. The zero-order chi connectivity index (χ0) is 28.3. The van der Waals surface area contributed by atoms with Crippen molar-refractivity contribution in [1.82, 2.24) is 25.2 Å². The van der Waals surface area contributed by atoms with Gasteiger partial charge in [0.1, 0.15) is 12.2 Å². The van der Waals surface area contributed by atoms with Gasteiger partial charge in [-0.05, 0) is 56.5 Å². The Bertz CT molecular complexity index is 1250. The first kappa shape index (κ1) is 28.1. The van der Waals surface area contributed by atoms with Gasteiger partial charge in [-0.2, -0.15) is 0 Å². The molecule has 2 aromatic rings. The van der Waals surface area contributed by atoms with Crippen molar-refractivity contribution in [2.45, 2.75) is 50.9 Å². The fourth-order valence-electron chi connectivity index (χ4n) is 5.34. The third kappa shape index (κ3) is 5.62. The lowest BCUT2D eigenvalue weighted by Crippen LogP contribution is -2.65. The minimum absolute atomic E-state index is 0.0357. The third-order valence-electron chi connectivity index (χ3n) is 7.16. The van der Waals surface area contributed by atoms with Crippen molar-refractivity contribution < 1.29 is 33.0 Å². The maximum Gasteiger partial charge on any atom is 0.341 e. The summed E-state index contributed by atoms with van der Waals surface area (Å²) in [5.74, 6) is -2.95. The number of amides is 3. The molecule has 12 heteroatoms. The summed E-state index contributed by atoms with van der Waals surface area (Å²) < 4.78 is 33.1. The average Bonchev–Trinajstić information content (AvgIpc) is 2.93. The number of nitrogens with zero attached hydrogens (tertiary/aromatic N) is 4. The highest BCUT2D eigenvalue weighted by Crippen LogP contribution is 2.37. The molecule has 2 aliphatic rings. The lowest BCUT2D eigenvalue weighted by atomic mass is 9.92. The smallest absolute Gasteiger partial charge is 0.341 e. The second-order valence-corrected chi connectivity index (χ2v) is 9.59. The van der Waals surface area contributed by atoms with Crippen molar-refractivity contribution >= 4 is 18.4 Å². The van der Waals surface area contributed by atoms with Gasteiger partial charge in [-0.15, -0.1) is 0 Å². The number of carbonyl (C=O) groups is 3. The van der Waals surface area contributed by atoms with Crippen molar-refractivity contribution in [1.29, 1.82) is 0 Å². The number of methoxy groups -OCH3 is 1. The van der Waals surface area contributed by atoms with Crippen LogP contribution in [0.15, 0.2) is 53.9 Å². The number of carbonyl (C=O) groups excluding carboxylic acids is 3. The molecule has 1 aromatic carbocycles. The van der Waals surface area contributed by atoms with Gasteiger partial charge < -0.3 is 15.2 Å². The molecule has 208 valence electrons. The summed E-state index contributed by atoms with van der Waals surface area (Å²) >= 11 is 0. The van der Waals surface area contributed by atoms with Crippen LogP contribution in [0.2, 0.25) is 0 Å². The van der Waals surface area contributed by atoms with Gasteiger partial charge >= 0.3 is 12.0 Å². The molecular formula is C27H31F2N5O5. The van der Waals surface area contributed by atoms with Crippen molar-refractivity contribution in [3.05, 3.63) is 76.8 Å². The number of aliphatic hydroxyl groups is 1. The average molecular weight is 544 g/mol. The Kier molecular flexibility index (Phi) is 8.56. The number of pyridine rings is 1. The number of aliphatic hydroxyl groups excluding tert-OH is 1. The Morgan fingerprint density at radius 3 is 2.51 bits per heavy atom. The Morgan fingerprint density at radius 2 is 1.95 bits per heavy atom. The molecule has 3 atom stereocenters. The molecule has 2 aliphatic heterocycles. The van der Waals surface area contributed by atoms with Gasteiger partial charge in [0.2, 0.25) is 6.41 Å². The number of benzene rings is 1. The van der Waals surface area contributed by atoms with Crippen LogP contribution in [0, 0.1) is 11.6 Å². The van der Waals surface area contributed by atoms with Crippen LogP contribution in [0.1, 0.15) is 49.9 Å². The van der Waals surface area contributed by atoms with Crippen LogP contribution in [0.25, 0.3) is 0 Å². The zero-order valence-corrected chi connectivity index (χ0v) is 21.9. The SMILES string of the molecule is COC(=O)C1=C(C)NC(=O)N(N(C=O)C(C(C)O)N2CCC(c3ccccn3)CC2)C1c1ccc(F)c(F)c1. The van der Waals surface area contributed by atoms with Crippen LogP contribution in [0.5, 0.6) is 0 Å². The number of likely N-dealkylation sites (tertiary alicyclic amines) is 1. The molecule has 1 aromatic heterocycles. The van der Waals surface area contributed by atoms with E-state index in [1.165, 1.54) is 19.9 Å². The highest BCUT2D eigenvalue weighted by Gasteiger charge is 2.45. The molecule has 3 amide bonds. The van der Waals surface area contributed by atoms with Gasteiger partial charge in [0.15, 0.2) is 11.6 Å². The van der Waals surface area contributed by atoms with Crippen molar-refractivity contribution in [2.24, 2.45) is 0 Å². The number of aromatic nitrogens is 1. The molecule has 0 radical (unpaired) electrons. The largest absolute Gasteiger partial charge is 0.466 e. The van der Waals surface area contributed by atoms with E-state index in [1.807, 2.05) is 23.1 Å². The van der Waals surface area contributed by atoms with E-state index in [2.05, 4.69) is 10.3 Å². The minimum Gasteiger partial charge on any atom is -0.466 e. The summed E-state index contributed by atoms with van der Waals surface area (Å²) in [7, 11) is 1.15. The molecule has 3 unspecified atom stereocenters. The lowest BCUT2D eigenvalue weighted by molar-refractivity contribution is -0.164. The van der Waals surface area contributed by atoms with E-state index in [-0.39, 0.29) is 22.8 Å².